The van der Waals surface area contributed by atoms with Crippen LogP contribution in [0, 0.1) is 19.8 Å². The van der Waals surface area contributed by atoms with Crippen LogP contribution in [-0.4, -0.2) is 5.11 Å². The van der Waals surface area contributed by atoms with Gasteiger partial charge in [-0.1, -0.05) is 12.8 Å². The molecule has 16 heavy (non-hydrogen) atoms. The number of phenolic OH excluding ortho intramolecular Hbond substituents is 1. The van der Waals surface area contributed by atoms with E-state index in [4.69, 9.17) is 5.73 Å². The van der Waals surface area contributed by atoms with Gasteiger partial charge in [-0.2, -0.15) is 0 Å². The number of nitrogens with two attached hydrogens (primary N) is 1. The van der Waals surface area contributed by atoms with E-state index in [0.717, 1.165) is 11.1 Å². The highest BCUT2D eigenvalue weighted by molar-refractivity contribution is 5.42. The highest BCUT2D eigenvalue weighted by atomic mass is 16.3. The molecule has 1 atom stereocenters. The lowest BCUT2D eigenvalue weighted by Crippen LogP contribution is -2.21. The molecular formula is C14H21NO. The van der Waals surface area contributed by atoms with Crippen molar-refractivity contribution in [2.75, 3.05) is 0 Å². The maximum atomic E-state index is 9.52. The molecule has 88 valence electrons. The van der Waals surface area contributed by atoms with Crippen molar-refractivity contribution >= 4 is 0 Å². The van der Waals surface area contributed by atoms with Crippen molar-refractivity contribution in [3.63, 3.8) is 0 Å². The van der Waals surface area contributed by atoms with Gasteiger partial charge in [0.25, 0.3) is 0 Å². The Morgan fingerprint density at radius 1 is 1.19 bits per heavy atom. The minimum absolute atomic E-state index is 0.142. The zero-order valence-electron chi connectivity index (χ0n) is 10.2. The highest BCUT2D eigenvalue weighted by Crippen LogP contribution is 2.37. The van der Waals surface area contributed by atoms with E-state index in [-0.39, 0.29) is 6.04 Å². The molecule has 0 amide bonds. The summed E-state index contributed by atoms with van der Waals surface area (Å²) in [7, 11) is 0. The van der Waals surface area contributed by atoms with E-state index in [1.165, 1.54) is 31.2 Å². The van der Waals surface area contributed by atoms with Crippen LogP contribution in [0.15, 0.2) is 12.1 Å². The van der Waals surface area contributed by atoms with Crippen molar-refractivity contribution in [2.45, 2.75) is 45.6 Å². The molecule has 0 aliphatic heterocycles. The third kappa shape index (κ3) is 2.07. The SMILES string of the molecule is Cc1cc(O)cc(C)c1[C@H](N)C1CCCC1. The predicted molar refractivity (Wildman–Crippen MR) is 66.5 cm³/mol. The van der Waals surface area contributed by atoms with Crippen LogP contribution in [0.3, 0.4) is 0 Å². The lowest BCUT2D eigenvalue weighted by atomic mass is 9.87. The first-order chi connectivity index (χ1) is 7.59. The Morgan fingerprint density at radius 3 is 2.19 bits per heavy atom. The fourth-order valence-corrected chi connectivity index (χ4v) is 3.03. The molecule has 1 aromatic carbocycles. The molecule has 1 saturated carbocycles. The minimum Gasteiger partial charge on any atom is -0.508 e. The number of benzene rings is 1. The summed E-state index contributed by atoms with van der Waals surface area (Å²) in [6.07, 6.45) is 5.13. The summed E-state index contributed by atoms with van der Waals surface area (Å²) in [6, 6.07) is 3.77. The minimum atomic E-state index is 0.142. The summed E-state index contributed by atoms with van der Waals surface area (Å²) < 4.78 is 0. The molecule has 0 unspecified atom stereocenters. The Labute approximate surface area is 97.5 Å². The van der Waals surface area contributed by atoms with Gasteiger partial charge in [-0.25, -0.2) is 0 Å². The quantitative estimate of drug-likeness (QED) is 0.802. The summed E-state index contributed by atoms with van der Waals surface area (Å²) >= 11 is 0. The molecule has 0 bridgehead atoms. The second-order valence-electron chi connectivity index (χ2n) is 5.06. The number of aryl methyl sites for hydroxylation is 2. The smallest absolute Gasteiger partial charge is 0.116 e. The number of hydrogen-bond donors (Lipinski definition) is 2. The first-order valence-electron chi connectivity index (χ1n) is 6.15. The Kier molecular flexibility index (Phi) is 3.20. The molecule has 1 aromatic rings. The van der Waals surface area contributed by atoms with Crippen molar-refractivity contribution < 1.29 is 5.11 Å². The van der Waals surface area contributed by atoms with Crippen LogP contribution >= 0.6 is 0 Å². The van der Waals surface area contributed by atoms with Crippen LogP contribution in [0.2, 0.25) is 0 Å². The summed E-state index contributed by atoms with van der Waals surface area (Å²) in [5.41, 5.74) is 9.86. The van der Waals surface area contributed by atoms with E-state index < -0.39 is 0 Å². The second kappa shape index (κ2) is 4.46. The number of rotatable bonds is 2. The lowest BCUT2D eigenvalue weighted by Gasteiger charge is -2.23. The first-order valence-corrected chi connectivity index (χ1v) is 6.15. The van der Waals surface area contributed by atoms with E-state index in [2.05, 4.69) is 0 Å². The third-order valence-corrected chi connectivity index (χ3v) is 3.82. The molecule has 0 saturated heterocycles. The van der Waals surface area contributed by atoms with Gasteiger partial charge in [0.1, 0.15) is 5.75 Å². The fraction of sp³-hybridized carbons (Fsp3) is 0.571. The van der Waals surface area contributed by atoms with Gasteiger partial charge in [-0.05, 0) is 61.4 Å². The molecular weight excluding hydrogens is 198 g/mol. The van der Waals surface area contributed by atoms with Gasteiger partial charge in [0.15, 0.2) is 0 Å². The molecule has 0 radical (unpaired) electrons. The molecule has 1 fully saturated rings. The van der Waals surface area contributed by atoms with E-state index in [0.29, 0.717) is 11.7 Å². The standard InChI is InChI=1S/C14H21NO/c1-9-7-12(16)8-10(2)13(9)14(15)11-5-3-4-6-11/h7-8,11,14,16H,3-6,15H2,1-2H3/t14-/m1/s1. The van der Waals surface area contributed by atoms with Crippen molar-refractivity contribution in [3.05, 3.63) is 28.8 Å². The average Bonchev–Trinajstić information content (AvgIpc) is 2.67. The average molecular weight is 219 g/mol. The van der Waals surface area contributed by atoms with Gasteiger partial charge in [0, 0.05) is 6.04 Å². The zero-order valence-corrected chi connectivity index (χ0v) is 10.2. The maximum Gasteiger partial charge on any atom is 0.116 e. The molecule has 2 nitrogen and oxygen atoms in total. The third-order valence-electron chi connectivity index (χ3n) is 3.82. The van der Waals surface area contributed by atoms with E-state index in [1.807, 2.05) is 26.0 Å². The van der Waals surface area contributed by atoms with Gasteiger partial charge < -0.3 is 10.8 Å². The molecule has 2 rings (SSSR count). The van der Waals surface area contributed by atoms with Crippen LogP contribution in [0.1, 0.15) is 48.4 Å². The van der Waals surface area contributed by atoms with Gasteiger partial charge in [-0.15, -0.1) is 0 Å². The molecule has 0 spiro atoms. The molecule has 1 aliphatic rings. The molecule has 2 heteroatoms. The van der Waals surface area contributed by atoms with Crippen LogP contribution in [0.5, 0.6) is 5.75 Å². The number of hydrogen-bond acceptors (Lipinski definition) is 2. The summed E-state index contributed by atoms with van der Waals surface area (Å²) in [5, 5.41) is 9.52. The van der Waals surface area contributed by atoms with E-state index in [1.54, 1.807) is 0 Å². The van der Waals surface area contributed by atoms with Crippen molar-refractivity contribution in [2.24, 2.45) is 11.7 Å². The van der Waals surface area contributed by atoms with Crippen molar-refractivity contribution in [1.29, 1.82) is 0 Å². The van der Waals surface area contributed by atoms with E-state index in [9.17, 15) is 5.11 Å². The maximum absolute atomic E-state index is 9.52. The van der Waals surface area contributed by atoms with Gasteiger partial charge in [-0.3, -0.25) is 0 Å². The fourth-order valence-electron chi connectivity index (χ4n) is 3.03. The van der Waals surface area contributed by atoms with Crippen LogP contribution in [0.25, 0.3) is 0 Å². The molecule has 0 aromatic heterocycles. The summed E-state index contributed by atoms with van der Waals surface area (Å²) in [4.78, 5) is 0. The van der Waals surface area contributed by atoms with Crippen LogP contribution in [-0.2, 0) is 0 Å². The van der Waals surface area contributed by atoms with Gasteiger partial charge in [0.2, 0.25) is 0 Å². The summed E-state index contributed by atoms with van der Waals surface area (Å²) in [5.74, 6) is 0.972. The molecule has 1 aliphatic carbocycles. The zero-order chi connectivity index (χ0) is 11.7. The number of aromatic hydroxyl groups is 1. The molecule has 0 heterocycles. The van der Waals surface area contributed by atoms with Crippen molar-refractivity contribution in [3.8, 4) is 5.75 Å². The highest BCUT2D eigenvalue weighted by Gasteiger charge is 2.25. The van der Waals surface area contributed by atoms with Crippen LogP contribution in [0.4, 0.5) is 0 Å². The van der Waals surface area contributed by atoms with E-state index >= 15 is 0 Å². The Balaban J connectivity index is 2.31. The monoisotopic (exact) mass is 219 g/mol. The predicted octanol–water partition coefficient (Wildman–Crippen LogP) is 3.20. The van der Waals surface area contributed by atoms with Gasteiger partial charge >= 0.3 is 0 Å². The molecule has 3 N–H and O–H groups in total. The second-order valence-corrected chi connectivity index (χ2v) is 5.06. The van der Waals surface area contributed by atoms with Crippen molar-refractivity contribution in [1.82, 2.24) is 0 Å². The largest absolute Gasteiger partial charge is 0.508 e. The lowest BCUT2D eigenvalue weighted by molar-refractivity contribution is 0.439. The Morgan fingerprint density at radius 2 is 1.69 bits per heavy atom. The summed E-state index contributed by atoms with van der Waals surface area (Å²) in [6.45, 7) is 4.08. The first kappa shape index (κ1) is 11.5. The normalized spacial score (nSPS) is 18.9. The Bertz CT molecular complexity index is 357. The van der Waals surface area contributed by atoms with Crippen LogP contribution < -0.4 is 5.73 Å². The van der Waals surface area contributed by atoms with Gasteiger partial charge in [0.05, 0.1) is 0 Å². The topological polar surface area (TPSA) is 46.2 Å². The number of phenols is 1. The Hall–Kier alpha value is -1.02.